The summed E-state index contributed by atoms with van der Waals surface area (Å²) in [6.07, 6.45) is 4.87. The summed E-state index contributed by atoms with van der Waals surface area (Å²) < 4.78 is 11.1. The molecule has 4 aromatic rings. The summed E-state index contributed by atoms with van der Waals surface area (Å²) in [5.41, 5.74) is 3.36. The van der Waals surface area contributed by atoms with E-state index in [0.29, 0.717) is 29.8 Å². The van der Waals surface area contributed by atoms with Gasteiger partial charge in [-0.25, -0.2) is 9.20 Å². The summed E-state index contributed by atoms with van der Waals surface area (Å²) in [6.45, 7) is 6.82. The number of nitrogens with one attached hydrogen (secondary N) is 1. The third-order valence-electron chi connectivity index (χ3n) is 6.24. The number of hydrogen-bond acceptors (Lipinski definition) is 7. The fraction of sp³-hybridized carbons (Fsp3) is 0.391. The number of pyridine rings is 1. The molecule has 10 nitrogen and oxygen atoms in total. The van der Waals surface area contributed by atoms with Gasteiger partial charge in [0.15, 0.2) is 17.4 Å². The maximum Gasteiger partial charge on any atom is 0.269 e. The van der Waals surface area contributed by atoms with Gasteiger partial charge in [0.1, 0.15) is 12.3 Å². The Morgan fingerprint density at radius 1 is 1.15 bits per heavy atom. The third-order valence-corrected chi connectivity index (χ3v) is 6.24. The molecule has 0 amide bonds. The molecule has 1 N–H and O–H groups in total. The van der Waals surface area contributed by atoms with E-state index >= 15 is 0 Å². The minimum atomic E-state index is -0.117. The number of rotatable bonds is 7. The van der Waals surface area contributed by atoms with Gasteiger partial charge in [-0.2, -0.15) is 15.3 Å². The molecular formula is C23H28N8O2. The fourth-order valence-electron chi connectivity index (χ4n) is 4.29. The van der Waals surface area contributed by atoms with Crippen molar-refractivity contribution in [1.82, 2.24) is 34.1 Å². The van der Waals surface area contributed by atoms with Gasteiger partial charge in [-0.15, -0.1) is 0 Å². The van der Waals surface area contributed by atoms with E-state index < -0.39 is 0 Å². The Hall–Kier alpha value is -3.66. The van der Waals surface area contributed by atoms with E-state index in [1.54, 1.807) is 30.8 Å². The largest absolute Gasteiger partial charge is 0.488 e. The number of ether oxygens (including phenoxy) is 1. The predicted molar refractivity (Wildman–Crippen MR) is 126 cm³/mol. The second kappa shape index (κ2) is 8.36. The lowest BCUT2D eigenvalue weighted by molar-refractivity contribution is 0.0563. The maximum atomic E-state index is 11.9. The summed E-state index contributed by atoms with van der Waals surface area (Å²) in [6, 6.07) is 8.20. The fourth-order valence-corrected chi connectivity index (χ4v) is 4.29. The van der Waals surface area contributed by atoms with Crippen LogP contribution in [0.4, 0.5) is 11.6 Å². The van der Waals surface area contributed by atoms with Gasteiger partial charge >= 0.3 is 0 Å². The predicted octanol–water partition coefficient (Wildman–Crippen LogP) is 2.35. The van der Waals surface area contributed by atoms with E-state index in [4.69, 9.17) is 4.74 Å². The van der Waals surface area contributed by atoms with Gasteiger partial charge in [-0.3, -0.25) is 14.4 Å². The molecule has 4 aromatic heterocycles. The first-order chi connectivity index (χ1) is 15.9. The van der Waals surface area contributed by atoms with Crippen molar-refractivity contribution in [2.24, 2.45) is 14.1 Å². The molecule has 1 fully saturated rings. The summed E-state index contributed by atoms with van der Waals surface area (Å²) in [5, 5.41) is 16.4. The van der Waals surface area contributed by atoms with E-state index in [1.165, 1.54) is 11.1 Å². The third kappa shape index (κ3) is 3.97. The molecule has 0 spiro atoms. The van der Waals surface area contributed by atoms with E-state index in [1.807, 2.05) is 30.1 Å². The van der Waals surface area contributed by atoms with Crippen molar-refractivity contribution >= 4 is 17.2 Å². The molecule has 0 aromatic carbocycles. The van der Waals surface area contributed by atoms with Crippen LogP contribution in [0.2, 0.25) is 0 Å². The van der Waals surface area contributed by atoms with Crippen LogP contribution in [-0.2, 0) is 14.1 Å². The highest BCUT2D eigenvalue weighted by molar-refractivity contribution is 5.72. The Balaban J connectivity index is 1.39. The summed E-state index contributed by atoms with van der Waals surface area (Å²) in [5.74, 6) is 1.99. The molecule has 0 radical (unpaired) electrons. The average molecular weight is 449 g/mol. The van der Waals surface area contributed by atoms with Gasteiger partial charge in [0.2, 0.25) is 0 Å². The summed E-state index contributed by atoms with van der Waals surface area (Å²) >= 11 is 0. The highest BCUT2D eigenvalue weighted by Crippen LogP contribution is 2.31. The Morgan fingerprint density at radius 3 is 2.70 bits per heavy atom. The second-order valence-electron chi connectivity index (χ2n) is 8.44. The van der Waals surface area contributed by atoms with Crippen LogP contribution in [0, 0.1) is 6.92 Å². The molecule has 33 heavy (non-hydrogen) atoms. The molecule has 0 unspecified atom stereocenters. The molecule has 1 aliphatic heterocycles. The normalized spacial score (nSPS) is 16.2. The average Bonchev–Trinajstić information content (AvgIpc) is 3.33. The van der Waals surface area contributed by atoms with Crippen molar-refractivity contribution in [2.45, 2.75) is 26.3 Å². The zero-order chi connectivity index (χ0) is 23.1. The Morgan fingerprint density at radius 2 is 1.97 bits per heavy atom. The monoisotopic (exact) mass is 448 g/mol. The van der Waals surface area contributed by atoms with Crippen LogP contribution in [0.3, 0.4) is 0 Å². The van der Waals surface area contributed by atoms with Gasteiger partial charge < -0.3 is 10.1 Å². The van der Waals surface area contributed by atoms with Crippen molar-refractivity contribution in [3.8, 4) is 17.0 Å². The van der Waals surface area contributed by atoms with E-state index in [2.05, 4.69) is 38.5 Å². The van der Waals surface area contributed by atoms with Crippen LogP contribution in [-0.4, -0.2) is 59.8 Å². The minimum Gasteiger partial charge on any atom is -0.488 e. The number of nitrogens with zero attached hydrogens (tertiary/aromatic N) is 7. The van der Waals surface area contributed by atoms with Crippen molar-refractivity contribution in [3.05, 3.63) is 52.6 Å². The Bertz CT molecular complexity index is 1340. The van der Waals surface area contributed by atoms with E-state index in [0.717, 1.165) is 35.6 Å². The van der Waals surface area contributed by atoms with Crippen molar-refractivity contribution in [1.29, 1.82) is 0 Å². The molecular weight excluding hydrogens is 420 g/mol. The van der Waals surface area contributed by atoms with Crippen LogP contribution < -0.4 is 15.6 Å². The standard InChI is InChI=1S/C23H28N8O2/c1-5-30-8-7-17(30)14-33-19-13-24-28(3)22(19)16-6-9-31-18(11-16)12-21(27-31)25-20-10-15(2)23(32)29(4)26-20/h6,9-13,17H,5,7-8,14H2,1-4H3,(H,25,26,27)/t17-/m1/s1. The molecule has 1 saturated heterocycles. The molecule has 5 heterocycles. The number of hydrogen-bond donors (Lipinski definition) is 1. The quantitative estimate of drug-likeness (QED) is 0.464. The van der Waals surface area contributed by atoms with Crippen LogP contribution in [0.25, 0.3) is 16.8 Å². The van der Waals surface area contributed by atoms with Crippen LogP contribution in [0.15, 0.2) is 41.5 Å². The first-order valence-corrected chi connectivity index (χ1v) is 11.1. The van der Waals surface area contributed by atoms with Crippen molar-refractivity contribution in [3.63, 3.8) is 0 Å². The number of anilines is 2. The second-order valence-corrected chi connectivity index (χ2v) is 8.44. The van der Waals surface area contributed by atoms with Crippen molar-refractivity contribution in [2.75, 3.05) is 25.0 Å². The van der Waals surface area contributed by atoms with E-state index in [9.17, 15) is 4.79 Å². The lowest BCUT2D eigenvalue weighted by atomic mass is 10.0. The van der Waals surface area contributed by atoms with Crippen molar-refractivity contribution < 1.29 is 4.74 Å². The summed E-state index contributed by atoms with van der Waals surface area (Å²) in [4.78, 5) is 14.3. The molecule has 0 saturated carbocycles. The SMILES string of the molecule is CCN1CC[C@@H]1COc1cnn(C)c1-c1ccn2nc(Nc3cc(C)c(=O)n(C)n3)cc2c1. The lowest BCUT2D eigenvalue weighted by Crippen LogP contribution is -2.50. The molecule has 10 heteroatoms. The topological polar surface area (TPSA) is 94.5 Å². The lowest BCUT2D eigenvalue weighted by Gasteiger charge is -2.39. The zero-order valence-electron chi connectivity index (χ0n) is 19.3. The molecule has 172 valence electrons. The molecule has 1 atom stereocenters. The van der Waals surface area contributed by atoms with Crippen LogP contribution >= 0.6 is 0 Å². The van der Waals surface area contributed by atoms with Gasteiger partial charge in [0.05, 0.1) is 11.7 Å². The molecule has 0 bridgehead atoms. The van der Waals surface area contributed by atoms with Gasteiger partial charge in [0, 0.05) is 50.1 Å². The molecule has 5 rings (SSSR count). The smallest absolute Gasteiger partial charge is 0.269 e. The first kappa shape index (κ1) is 21.2. The minimum absolute atomic E-state index is 0.117. The molecule has 0 aliphatic carbocycles. The number of likely N-dealkylation sites (N-methyl/N-ethyl adjacent to an activating group) is 1. The number of fused-ring (bicyclic) bond motifs is 1. The Kier molecular flexibility index (Phi) is 5.37. The summed E-state index contributed by atoms with van der Waals surface area (Å²) in [7, 11) is 3.56. The zero-order valence-corrected chi connectivity index (χ0v) is 19.3. The van der Waals surface area contributed by atoms with E-state index in [-0.39, 0.29) is 5.56 Å². The maximum absolute atomic E-state index is 11.9. The highest BCUT2D eigenvalue weighted by Gasteiger charge is 2.27. The van der Waals surface area contributed by atoms with Gasteiger partial charge in [-0.05, 0) is 38.1 Å². The van der Waals surface area contributed by atoms with Crippen LogP contribution in [0.5, 0.6) is 5.75 Å². The molecule has 1 aliphatic rings. The van der Waals surface area contributed by atoms with Gasteiger partial charge in [0.25, 0.3) is 5.56 Å². The highest BCUT2D eigenvalue weighted by atomic mass is 16.5. The first-order valence-electron chi connectivity index (χ1n) is 11.1. The number of aromatic nitrogens is 6. The van der Waals surface area contributed by atoms with Gasteiger partial charge in [-0.1, -0.05) is 6.92 Å². The Labute approximate surface area is 191 Å². The number of likely N-dealkylation sites (tertiary alicyclic amines) is 1. The van der Waals surface area contributed by atoms with Crippen LogP contribution in [0.1, 0.15) is 18.9 Å². The number of aryl methyl sites for hydroxylation is 3.